The Bertz CT molecular complexity index is 828. The highest BCUT2D eigenvalue weighted by Crippen LogP contribution is 2.42. The maximum atomic E-state index is 13.3. The Labute approximate surface area is 187 Å². The second-order valence-electron chi connectivity index (χ2n) is 9.22. The summed E-state index contributed by atoms with van der Waals surface area (Å²) < 4.78 is 5.94. The van der Waals surface area contributed by atoms with Crippen LogP contribution in [0.4, 0.5) is 5.69 Å². The first-order valence-corrected chi connectivity index (χ1v) is 12.0. The van der Waals surface area contributed by atoms with Gasteiger partial charge in [0.25, 0.3) is 0 Å². The fourth-order valence-corrected chi connectivity index (χ4v) is 5.22. The molecule has 1 aliphatic heterocycles. The van der Waals surface area contributed by atoms with E-state index < -0.39 is 5.41 Å². The van der Waals surface area contributed by atoms with E-state index in [1.54, 1.807) is 0 Å². The minimum Gasteiger partial charge on any atom is -0.494 e. The normalized spacial score (nSPS) is 21.0. The van der Waals surface area contributed by atoms with E-state index in [0.717, 1.165) is 62.3 Å². The lowest BCUT2D eigenvalue weighted by Crippen LogP contribution is -2.38. The van der Waals surface area contributed by atoms with Crippen molar-refractivity contribution in [3.63, 3.8) is 0 Å². The van der Waals surface area contributed by atoms with Crippen LogP contribution in [0.3, 0.4) is 0 Å². The molecule has 166 valence electrons. The molecule has 1 saturated heterocycles. The summed E-state index contributed by atoms with van der Waals surface area (Å²) in [6.07, 6.45) is 9.09. The van der Waals surface area contributed by atoms with Crippen LogP contribution in [-0.4, -0.2) is 36.5 Å². The highest BCUT2D eigenvalue weighted by Gasteiger charge is 2.42. The molecule has 1 heterocycles. The van der Waals surface area contributed by atoms with Gasteiger partial charge in [0.15, 0.2) is 0 Å². The van der Waals surface area contributed by atoms with E-state index in [1.165, 1.54) is 25.8 Å². The molecule has 1 aliphatic carbocycles. The zero-order chi connectivity index (χ0) is 21.5. The van der Waals surface area contributed by atoms with Crippen LogP contribution in [0.5, 0.6) is 5.75 Å². The SMILES string of the molecule is CC1CCCCN1CCCOc1ccc(NC(=O)C2(c3ccccc3)CCCC2)cc1. The number of rotatable bonds is 8. The summed E-state index contributed by atoms with van der Waals surface area (Å²) in [5.74, 6) is 0.976. The summed E-state index contributed by atoms with van der Waals surface area (Å²) in [6.45, 7) is 5.39. The molecule has 2 aromatic rings. The second-order valence-corrected chi connectivity index (χ2v) is 9.22. The Morgan fingerprint density at radius 3 is 2.48 bits per heavy atom. The first-order valence-electron chi connectivity index (χ1n) is 12.0. The van der Waals surface area contributed by atoms with Crippen LogP contribution in [0.2, 0.25) is 0 Å². The second kappa shape index (κ2) is 10.3. The number of nitrogens with zero attached hydrogens (tertiary/aromatic N) is 1. The predicted molar refractivity (Wildman–Crippen MR) is 127 cm³/mol. The molecule has 2 aromatic carbocycles. The molecular weight excluding hydrogens is 384 g/mol. The van der Waals surface area contributed by atoms with Crippen molar-refractivity contribution >= 4 is 11.6 Å². The van der Waals surface area contributed by atoms with E-state index in [1.807, 2.05) is 42.5 Å². The van der Waals surface area contributed by atoms with Gasteiger partial charge in [-0.25, -0.2) is 0 Å². The quantitative estimate of drug-likeness (QED) is 0.550. The number of piperidine rings is 1. The first-order chi connectivity index (χ1) is 15.2. The average molecular weight is 421 g/mol. The van der Waals surface area contributed by atoms with Gasteiger partial charge in [-0.3, -0.25) is 4.79 Å². The van der Waals surface area contributed by atoms with Gasteiger partial charge >= 0.3 is 0 Å². The first kappa shape index (κ1) is 21.9. The number of ether oxygens (including phenoxy) is 1. The largest absolute Gasteiger partial charge is 0.494 e. The number of hydrogen-bond donors (Lipinski definition) is 1. The predicted octanol–water partition coefficient (Wildman–Crippen LogP) is 5.78. The monoisotopic (exact) mass is 420 g/mol. The van der Waals surface area contributed by atoms with Crippen molar-refractivity contribution in [3.05, 3.63) is 60.2 Å². The number of hydrogen-bond acceptors (Lipinski definition) is 3. The zero-order valence-corrected chi connectivity index (χ0v) is 18.8. The van der Waals surface area contributed by atoms with Gasteiger partial charge < -0.3 is 15.0 Å². The van der Waals surface area contributed by atoms with Gasteiger partial charge in [-0.15, -0.1) is 0 Å². The lowest BCUT2D eigenvalue weighted by Gasteiger charge is -2.33. The molecule has 4 rings (SSSR count). The highest BCUT2D eigenvalue weighted by atomic mass is 16.5. The van der Waals surface area contributed by atoms with Crippen LogP contribution in [0.15, 0.2) is 54.6 Å². The summed E-state index contributed by atoms with van der Waals surface area (Å²) >= 11 is 0. The van der Waals surface area contributed by atoms with Crippen molar-refractivity contribution in [2.24, 2.45) is 0 Å². The third-order valence-electron chi connectivity index (χ3n) is 7.13. The van der Waals surface area contributed by atoms with Crippen molar-refractivity contribution in [1.82, 2.24) is 4.90 Å². The number of amides is 1. The van der Waals surface area contributed by atoms with Crippen molar-refractivity contribution in [2.75, 3.05) is 25.0 Å². The Kier molecular flexibility index (Phi) is 7.29. The van der Waals surface area contributed by atoms with E-state index in [4.69, 9.17) is 4.74 Å². The van der Waals surface area contributed by atoms with Gasteiger partial charge in [0.1, 0.15) is 5.75 Å². The van der Waals surface area contributed by atoms with Gasteiger partial charge in [-0.05, 0) is 75.4 Å². The van der Waals surface area contributed by atoms with Crippen LogP contribution >= 0.6 is 0 Å². The van der Waals surface area contributed by atoms with E-state index in [9.17, 15) is 4.79 Å². The Hall–Kier alpha value is -2.33. The molecule has 1 N–H and O–H groups in total. The van der Waals surface area contributed by atoms with Crippen molar-refractivity contribution in [2.45, 2.75) is 69.7 Å². The van der Waals surface area contributed by atoms with Crippen LogP contribution in [0, 0.1) is 0 Å². The molecular formula is C27H36N2O2. The van der Waals surface area contributed by atoms with Crippen molar-refractivity contribution in [3.8, 4) is 5.75 Å². The fourth-order valence-electron chi connectivity index (χ4n) is 5.22. The molecule has 4 nitrogen and oxygen atoms in total. The molecule has 31 heavy (non-hydrogen) atoms. The average Bonchev–Trinajstić information content (AvgIpc) is 3.31. The lowest BCUT2D eigenvalue weighted by molar-refractivity contribution is -0.121. The van der Waals surface area contributed by atoms with Crippen molar-refractivity contribution < 1.29 is 9.53 Å². The van der Waals surface area contributed by atoms with Gasteiger partial charge in [0.2, 0.25) is 5.91 Å². The maximum Gasteiger partial charge on any atom is 0.235 e. The van der Waals surface area contributed by atoms with Crippen LogP contribution in [0.1, 0.15) is 63.9 Å². The molecule has 4 heteroatoms. The molecule has 0 aromatic heterocycles. The summed E-state index contributed by atoms with van der Waals surface area (Å²) in [5, 5.41) is 3.16. The van der Waals surface area contributed by atoms with Crippen LogP contribution < -0.4 is 10.1 Å². The summed E-state index contributed by atoms with van der Waals surface area (Å²) in [7, 11) is 0. The van der Waals surface area contributed by atoms with Gasteiger partial charge in [-0.1, -0.05) is 49.6 Å². The molecule has 0 bridgehead atoms. The summed E-state index contributed by atoms with van der Waals surface area (Å²) in [4.78, 5) is 15.8. The van der Waals surface area contributed by atoms with Gasteiger partial charge in [0, 0.05) is 18.3 Å². The lowest BCUT2D eigenvalue weighted by atomic mass is 9.78. The number of carbonyl (C=O) groups excluding carboxylic acids is 1. The van der Waals surface area contributed by atoms with E-state index in [-0.39, 0.29) is 5.91 Å². The van der Waals surface area contributed by atoms with E-state index in [0.29, 0.717) is 6.04 Å². The molecule has 1 amide bonds. The zero-order valence-electron chi connectivity index (χ0n) is 18.8. The number of anilines is 1. The fraction of sp³-hybridized carbons (Fsp3) is 0.519. The summed E-state index contributed by atoms with van der Waals surface area (Å²) in [5.41, 5.74) is 1.57. The third-order valence-corrected chi connectivity index (χ3v) is 7.13. The highest BCUT2D eigenvalue weighted by molar-refractivity contribution is 5.99. The van der Waals surface area contributed by atoms with Crippen LogP contribution in [-0.2, 0) is 10.2 Å². The minimum atomic E-state index is -0.401. The Balaban J connectivity index is 1.28. The van der Waals surface area contributed by atoms with Gasteiger partial charge in [0.05, 0.1) is 12.0 Å². The Morgan fingerprint density at radius 1 is 1.03 bits per heavy atom. The summed E-state index contributed by atoms with van der Waals surface area (Å²) in [6, 6.07) is 18.8. The standard InChI is InChI=1S/C27H36N2O2/c1-22-10-5-8-19-29(22)20-9-21-31-25-15-13-24(14-16-25)28-26(30)27(17-6-7-18-27)23-11-3-2-4-12-23/h2-4,11-16,22H,5-10,17-21H2,1H3,(H,28,30). The number of carbonyl (C=O) groups is 1. The number of likely N-dealkylation sites (tertiary alicyclic amines) is 1. The molecule has 0 spiro atoms. The molecule has 0 radical (unpaired) electrons. The number of nitrogens with one attached hydrogen (secondary N) is 1. The van der Waals surface area contributed by atoms with E-state index in [2.05, 4.69) is 29.3 Å². The van der Waals surface area contributed by atoms with Crippen molar-refractivity contribution in [1.29, 1.82) is 0 Å². The maximum absolute atomic E-state index is 13.3. The molecule has 1 saturated carbocycles. The molecule has 1 atom stereocenters. The van der Waals surface area contributed by atoms with Crippen LogP contribution in [0.25, 0.3) is 0 Å². The molecule has 2 aliphatic rings. The molecule has 2 fully saturated rings. The smallest absolute Gasteiger partial charge is 0.235 e. The third kappa shape index (κ3) is 5.30. The van der Waals surface area contributed by atoms with Gasteiger partial charge in [-0.2, -0.15) is 0 Å². The number of benzene rings is 2. The topological polar surface area (TPSA) is 41.6 Å². The molecule has 1 unspecified atom stereocenters. The van der Waals surface area contributed by atoms with E-state index >= 15 is 0 Å². The minimum absolute atomic E-state index is 0.112. The Morgan fingerprint density at radius 2 is 1.77 bits per heavy atom.